The zero-order chi connectivity index (χ0) is 10.3. The average Bonchev–Trinajstić information content (AvgIpc) is 2.01. The van der Waals surface area contributed by atoms with Gasteiger partial charge in [0, 0.05) is 6.08 Å². The molecule has 0 atom stereocenters. The van der Waals surface area contributed by atoms with E-state index >= 15 is 0 Å². The number of hydrogen-bond donors (Lipinski definition) is 1. The molecule has 0 aliphatic heterocycles. The predicted octanol–water partition coefficient (Wildman–Crippen LogP) is -2.50. The molecule has 0 bridgehead atoms. The van der Waals surface area contributed by atoms with Crippen molar-refractivity contribution in [3.05, 3.63) is 12.7 Å². The Bertz CT molecular complexity index is 277. The summed E-state index contributed by atoms with van der Waals surface area (Å²) in [5.41, 5.74) is 0. The van der Waals surface area contributed by atoms with Gasteiger partial charge in [-0.15, -0.1) is 0 Å². The molecule has 0 saturated heterocycles. The first kappa shape index (κ1) is 16.2. The van der Waals surface area contributed by atoms with Crippen molar-refractivity contribution in [2.75, 3.05) is 12.4 Å². The third-order valence-corrected chi connectivity index (χ3v) is 2.01. The van der Waals surface area contributed by atoms with Crippen molar-refractivity contribution >= 4 is 16.1 Å². The van der Waals surface area contributed by atoms with Crippen LogP contribution in [0.3, 0.4) is 0 Å². The van der Waals surface area contributed by atoms with Crippen LogP contribution in [0.15, 0.2) is 12.7 Å². The topological polar surface area (TPSA) is 80.7 Å². The molecule has 7 heteroatoms. The quantitative estimate of drug-likeness (QED) is 0.174. The third-order valence-electron chi connectivity index (χ3n) is 1.21. The maximum atomic E-state index is 10.5. The third kappa shape index (κ3) is 11.7. The van der Waals surface area contributed by atoms with Crippen molar-refractivity contribution in [3.63, 3.8) is 0 Å². The van der Waals surface area contributed by atoms with Gasteiger partial charge in [0.1, 0.15) is 0 Å². The van der Waals surface area contributed by atoms with Gasteiger partial charge in [-0.1, -0.05) is 6.58 Å². The average molecular weight is 216 g/mol. The molecular weight excluding hydrogens is 203 g/mol. The van der Waals surface area contributed by atoms with Crippen LogP contribution in [-0.4, -0.2) is 31.3 Å². The van der Waals surface area contributed by atoms with E-state index in [1.54, 1.807) is 0 Å². The van der Waals surface area contributed by atoms with E-state index in [1.807, 2.05) is 0 Å². The molecule has 78 valence electrons. The van der Waals surface area contributed by atoms with E-state index in [-0.39, 0.29) is 39.1 Å². The summed E-state index contributed by atoms with van der Waals surface area (Å²) in [7, 11) is -3.89. The van der Waals surface area contributed by atoms with Gasteiger partial charge >= 0.3 is 24.8 Å². The van der Waals surface area contributed by atoms with Gasteiger partial charge < -0.3 is 6.16 Å². The molecule has 5 nitrogen and oxygen atoms in total. The second-order valence-electron chi connectivity index (χ2n) is 2.36. The van der Waals surface area contributed by atoms with Crippen LogP contribution in [0, 0.1) is 0 Å². The van der Waals surface area contributed by atoms with Crippen molar-refractivity contribution < 1.29 is 42.8 Å². The number of esters is 1. The normalized spacial score (nSPS) is 10.1. The zero-order valence-corrected chi connectivity index (χ0v) is 8.92. The van der Waals surface area contributed by atoms with Gasteiger partial charge in [0.15, 0.2) is 0 Å². The maximum Gasteiger partial charge on any atom is 1.00 e. The monoisotopic (exact) mass is 216 g/mol. The molecule has 0 rings (SSSR count). The van der Waals surface area contributed by atoms with Crippen molar-refractivity contribution in [2.24, 2.45) is 0 Å². The first-order chi connectivity index (χ1) is 5.95. The van der Waals surface area contributed by atoms with Crippen LogP contribution in [0.25, 0.3) is 0 Å². The summed E-state index contributed by atoms with van der Waals surface area (Å²) >= 11 is 0. The van der Waals surface area contributed by atoms with Crippen LogP contribution in [-0.2, 0) is 19.6 Å². The van der Waals surface area contributed by atoms with E-state index in [4.69, 9.17) is 4.55 Å². The molecule has 0 unspecified atom stereocenters. The van der Waals surface area contributed by atoms with Gasteiger partial charge in [0.25, 0.3) is 10.1 Å². The predicted molar refractivity (Wildman–Crippen MR) is 47.9 cm³/mol. The van der Waals surface area contributed by atoms with Crippen molar-refractivity contribution in [1.29, 1.82) is 0 Å². The van der Waals surface area contributed by atoms with Crippen LogP contribution < -0.4 is 18.9 Å². The van der Waals surface area contributed by atoms with E-state index in [0.29, 0.717) is 6.42 Å². The Hall–Kier alpha value is -0.283. The molecule has 0 radical (unpaired) electrons. The van der Waals surface area contributed by atoms with E-state index in [9.17, 15) is 13.2 Å². The standard InChI is InChI=1S/C7H12O5S.Li.H/c1-2-7(8)12-5-3-4-6-13(9,10)11;;/h2H,1,3-6H2,(H,9,10,11);;/q;+1;-1. The summed E-state index contributed by atoms with van der Waals surface area (Å²) in [5.74, 6) is -0.842. The van der Waals surface area contributed by atoms with E-state index in [2.05, 4.69) is 11.3 Å². The Morgan fingerprint density at radius 3 is 2.50 bits per heavy atom. The minimum atomic E-state index is -3.89. The van der Waals surface area contributed by atoms with Gasteiger partial charge in [-0.2, -0.15) is 8.42 Å². The molecule has 0 aromatic carbocycles. The number of ether oxygens (including phenoxy) is 1. The molecule has 0 heterocycles. The fourth-order valence-electron chi connectivity index (χ4n) is 0.618. The van der Waals surface area contributed by atoms with Crippen LogP contribution >= 0.6 is 0 Å². The largest absolute Gasteiger partial charge is 1.00 e. The molecule has 0 saturated carbocycles. The molecule has 0 aromatic rings. The zero-order valence-electron chi connectivity index (χ0n) is 9.10. The van der Waals surface area contributed by atoms with Gasteiger partial charge in [-0.3, -0.25) is 4.55 Å². The van der Waals surface area contributed by atoms with Crippen LogP contribution in [0.2, 0.25) is 0 Å². The van der Waals surface area contributed by atoms with E-state index in [1.165, 1.54) is 0 Å². The Morgan fingerprint density at radius 2 is 2.07 bits per heavy atom. The molecule has 14 heavy (non-hydrogen) atoms. The SMILES string of the molecule is C=CC(=O)OCCCCS(=O)(=O)O.[H-].[Li+]. The minimum Gasteiger partial charge on any atom is -1.00 e. The first-order valence-corrected chi connectivity index (χ1v) is 5.31. The maximum absolute atomic E-state index is 10.5. The van der Waals surface area contributed by atoms with E-state index < -0.39 is 16.1 Å². The Labute approximate surface area is 96.9 Å². The second-order valence-corrected chi connectivity index (χ2v) is 3.94. The van der Waals surface area contributed by atoms with Gasteiger partial charge in [-0.05, 0) is 12.8 Å². The molecule has 0 aliphatic rings. The molecular formula is C7H13LiO5S. The number of carbonyl (C=O) groups excluding carboxylic acids is 1. The fraction of sp³-hybridized carbons (Fsp3) is 0.571. The Morgan fingerprint density at radius 1 is 1.50 bits per heavy atom. The van der Waals surface area contributed by atoms with Crippen molar-refractivity contribution in [2.45, 2.75) is 12.8 Å². The van der Waals surface area contributed by atoms with Gasteiger partial charge in [-0.25, -0.2) is 4.79 Å². The second kappa shape index (κ2) is 8.06. The van der Waals surface area contributed by atoms with Crippen molar-refractivity contribution in [3.8, 4) is 0 Å². The molecule has 0 aliphatic carbocycles. The molecule has 0 aromatic heterocycles. The van der Waals surface area contributed by atoms with Crippen LogP contribution in [0.1, 0.15) is 14.3 Å². The summed E-state index contributed by atoms with van der Waals surface area (Å²) in [6.45, 7) is 3.33. The summed E-state index contributed by atoms with van der Waals surface area (Å²) in [6, 6.07) is 0. The Kier molecular flexibility index (Phi) is 9.30. The van der Waals surface area contributed by atoms with E-state index in [0.717, 1.165) is 6.08 Å². The smallest absolute Gasteiger partial charge is 1.00 e. The molecule has 0 fully saturated rings. The summed E-state index contributed by atoms with van der Waals surface area (Å²) in [4.78, 5) is 10.5. The molecule has 1 N–H and O–H groups in total. The van der Waals surface area contributed by atoms with Gasteiger partial charge in [0.2, 0.25) is 0 Å². The van der Waals surface area contributed by atoms with Crippen LogP contribution in [0.4, 0.5) is 0 Å². The summed E-state index contributed by atoms with van der Waals surface area (Å²) < 4.78 is 33.3. The fourth-order valence-corrected chi connectivity index (χ4v) is 1.19. The number of hydrogen-bond acceptors (Lipinski definition) is 4. The molecule has 0 amide bonds. The minimum absolute atomic E-state index is 0. The Balaban J connectivity index is -0.000000720. The summed E-state index contributed by atoms with van der Waals surface area (Å²) in [6.07, 6.45) is 1.70. The van der Waals surface area contributed by atoms with Crippen LogP contribution in [0.5, 0.6) is 0 Å². The van der Waals surface area contributed by atoms with Gasteiger partial charge in [0.05, 0.1) is 12.4 Å². The molecule has 0 spiro atoms. The first-order valence-electron chi connectivity index (χ1n) is 3.70. The number of rotatable bonds is 6. The number of carbonyl (C=O) groups is 1. The number of unbranched alkanes of at least 4 members (excludes halogenated alkanes) is 1. The van der Waals surface area contributed by atoms with Crippen molar-refractivity contribution in [1.82, 2.24) is 0 Å². The summed E-state index contributed by atoms with van der Waals surface area (Å²) in [5, 5.41) is 0.